The molecule has 2 nitrogen and oxygen atoms in total. The predicted molar refractivity (Wildman–Crippen MR) is 235 cm³/mol. The van der Waals surface area contributed by atoms with Crippen LogP contribution in [0.2, 0.25) is 0 Å². The quantitative estimate of drug-likeness (QED) is 0.170. The molecule has 0 aliphatic heterocycles. The molecule has 11 aromatic rings. The summed E-state index contributed by atoms with van der Waals surface area (Å²) in [5, 5.41) is 7.40. The van der Waals surface area contributed by atoms with Crippen molar-refractivity contribution < 1.29 is 4.42 Å². The first-order valence-corrected chi connectivity index (χ1v) is 19.5. The number of benzene rings is 9. The Kier molecular flexibility index (Phi) is 7.39. The highest BCUT2D eigenvalue weighted by atomic mass is 32.1. The van der Waals surface area contributed by atoms with E-state index in [0.717, 1.165) is 50.1 Å². The van der Waals surface area contributed by atoms with E-state index in [1.54, 1.807) is 0 Å². The first-order chi connectivity index (χ1) is 27.2. The van der Waals surface area contributed by atoms with E-state index in [1.165, 1.54) is 53.2 Å². The van der Waals surface area contributed by atoms with Crippen LogP contribution in [-0.4, -0.2) is 0 Å². The fourth-order valence-electron chi connectivity index (χ4n) is 8.25. The van der Waals surface area contributed by atoms with Gasteiger partial charge in [-0.15, -0.1) is 11.3 Å². The number of hydrogen-bond donors (Lipinski definition) is 0. The van der Waals surface area contributed by atoms with Gasteiger partial charge in [-0.1, -0.05) is 133 Å². The van der Waals surface area contributed by atoms with Gasteiger partial charge in [0.2, 0.25) is 0 Å². The number of thiophene rings is 1. The van der Waals surface area contributed by atoms with E-state index in [4.69, 9.17) is 4.42 Å². The predicted octanol–water partition coefficient (Wildman–Crippen LogP) is 15.6. The Morgan fingerprint density at radius 2 is 0.964 bits per heavy atom. The molecule has 258 valence electrons. The molecule has 0 amide bonds. The second-order valence-electron chi connectivity index (χ2n) is 14.1. The lowest BCUT2D eigenvalue weighted by atomic mass is 9.97. The summed E-state index contributed by atoms with van der Waals surface area (Å²) >= 11 is 1.86. The van der Waals surface area contributed by atoms with Gasteiger partial charge in [-0.25, -0.2) is 0 Å². The van der Waals surface area contributed by atoms with Gasteiger partial charge in [-0.05, 0) is 111 Å². The lowest BCUT2D eigenvalue weighted by Crippen LogP contribution is -2.10. The van der Waals surface area contributed by atoms with Gasteiger partial charge in [-0.2, -0.15) is 0 Å². The fraction of sp³-hybridized carbons (Fsp3) is 0. The molecule has 0 radical (unpaired) electrons. The Balaban J connectivity index is 1.03. The first-order valence-electron chi connectivity index (χ1n) is 18.7. The molecule has 0 N–H and O–H groups in total. The Bertz CT molecular complexity index is 3200. The maximum atomic E-state index is 6.13. The summed E-state index contributed by atoms with van der Waals surface area (Å²) in [5.74, 6) is 0. The van der Waals surface area contributed by atoms with E-state index < -0.39 is 0 Å². The Morgan fingerprint density at radius 3 is 1.82 bits per heavy atom. The average Bonchev–Trinajstić information content (AvgIpc) is 3.83. The van der Waals surface area contributed by atoms with Crippen molar-refractivity contribution in [3.8, 4) is 33.4 Å². The average molecular weight is 720 g/mol. The number of hydrogen-bond acceptors (Lipinski definition) is 3. The van der Waals surface area contributed by atoms with Crippen LogP contribution in [0.15, 0.2) is 205 Å². The molecule has 0 unspecified atom stereocenters. The second-order valence-corrected chi connectivity index (χ2v) is 15.2. The van der Waals surface area contributed by atoms with Crippen molar-refractivity contribution in [1.82, 2.24) is 0 Å². The molecule has 3 heteroatoms. The maximum Gasteiger partial charge on any atom is 0.135 e. The zero-order valence-corrected chi connectivity index (χ0v) is 30.6. The normalized spacial score (nSPS) is 11.6. The summed E-state index contributed by atoms with van der Waals surface area (Å²) < 4.78 is 8.75. The summed E-state index contributed by atoms with van der Waals surface area (Å²) in [4.78, 5) is 2.37. The zero-order chi connectivity index (χ0) is 36.3. The molecule has 2 heterocycles. The van der Waals surface area contributed by atoms with Crippen LogP contribution in [0.25, 0.3) is 86.3 Å². The first kappa shape index (κ1) is 31.6. The number of furan rings is 1. The molecule has 11 rings (SSSR count). The summed E-state index contributed by atoms with van der Waals surface area (Å²) in [6.45, 7) is 0. The van der Waals surface area contributed by atoms with Crippen molar-refractivity contribution in [1.29, 1.82) is 0 Å². The maximum absolute atomic E-state index is 6.13. The van der Waals surface area contributed by atoms with Gasteiger partial charge in [0.05, 0.1) is 0 Å². The molecule has 2 aromatic heterocycles. The van der Waals surface area contributed by atoms with Crippen LogP contribution in [0.5, 0.6) is 0 Å². The molecule has 9 aromatic carbocycles. The van der Waals surface area contributed by atoms with Crippen LogP contribution in [0.1, 0.15) is 0 Å². The van der Waals surface area contributed by atoms with Gasteiger partial charge in [0.15, 0.2) is 0 Å². The monoisotopic (exact) mass is 719 g/mol. The summed E-state index contributed by atoms with van der Waals surface area (Å²) in [6, 6.07) is 72.3. The third-order valence-electron chi connectivity index (χ3n) is 10.9. The van der Waals surface area contributed by atoms with E-state index >= 15 is 0 Å². The molecule has 0 aliphatic rings. The van der Waals surface area contributed by atoms with Crippen molar-refractivity contribution in [2.24, 2.45) is 0 Å². The van der Waals surface area contributed by atoms with Crippen LogP contribution in [0.3, 0.4) is 0 Å². The van der Waals surface area contributed by atoms with Gasteiger partial charge in [0.1, 0.15) is 11.2 Å². The Morgan fingerprint density at radius 1 is 0.345 bits per heavy atom. The topological polar surface area (TPSA) is 16.4 Å². The highest BCUT2D eigenvalue weighted by Gasteiger charge is 2.17. The van der Waals surface area contributed by atoms with Gasteiger partial charge in [0, 0.05) is 48.0 Å². The molecule has 0 saturated carbocycles. The van der Waals surface area contributed by atoms with E-state index in [1.807, 2.05) is 23.5 Å². The number of rotatable bonds is 6. The zero-order valence-electron chi connectivity index (χ0n) is 29.8. The minimum absolute atomic E-state index is 0.908. The van der Waals surface area contributed by atoms with E-state index in [-0.39, 0.29) is 0 Å². The number of nitrogens with zero attached hydrogens (tertiary/aromatic N) is 1. The van der Waals surface area contributed by atoms with E-state index in [0.29, 0.717) is 0 Å². The van der Waals surface area contributed by atoms with Crippen LogP contribution in [-0.2, 0) is 0 Å². The van der Waals surface area contributed by atoms with E-state index in [9.17, 15) is 0 Å². The van der Waals surface area contributed by atoms with Crippen LogP contribution < -0.4 is 4.90 Å². The van der Waals surface area contributed by atoms with Gasteiger partial charge >= 0.3 is 0 Å². The third-order valence-corrected chi connectivity index (χ3v) is 12.0. The minimum Gasteiger partial charge on any atom is -0.456 e. The SMILES string of the molecule is c1cc(-c2cccc3sc4ccccc4c23)cc(N(c2ccc(-c3ccc4oc5ccccc5c4c3)cc2)c2ccc(-c3cccc4ccccc34)cc2)c1. The van der Waals surface area contributed by atoms with Gasteiger partial charge in [0.25, 0.3) is 0 Å². The summed E-state index contributed by atoms with van der Waals surface area (Å²) in [7, 11) is 0. The fourth-order valence-corrected chi connectivity index (χ4v) is 9.38. The minimum atomic E-state index is 0.908. The van der Waals surface area contributed by atoms with Crippen molar-refractivity contribution >= 4 is 81.3 Å². The summed E-state index contributed by atoms with van der Waals surface area (Å²) in [6.07, 6.45) is 0. The smallest absolute Gasteiger partial charge is 0.135 e. The molecule has 0 spiro atoms. The Labute approximate surface area is 322 Å². The largest absolute Gasteiger partial charge is 0.456 e. The molecule has 0 fully saturated rings. The third kappa shape index (κ3) is 5.40. The molecule has 0 aliphatic carbocycles. The van der Waals surface area contributed by atoms with Crippen molar-refractivity contribution in [2.75, 3.05) is 4.90 Å². The number of fused-ring (bicyclic) bond motifs is 7. The number of para-hydroxylation sites is 1. The van der Waals surface area contributed by atoms with Crippen LogP contribution in [0, 0.1) is 0 Å². The van der Waals surface area contributed by atoms with Crippen molar-refractivity contribution in [3.63, 3.8) is 0 Å². The molecular weight excluding hydrogens is 687 g/mol. The number of anilines is 3. The second kappa shape index (κ2) is 12.9. The summed E-state index contributed by atoms with van der Waals surface area (Å²) in [5.41, 5.74) is 12.3. The molecule has 0 atom stereocenters. The van der Waals surface area contributed by atoms with Gasteiger partial charge < -0.3 is 9.32 Å². The van der Waals surface area contributed by atoms with Crippen molar-refractivity contribution in [3.05, 3.63) is 200 Å². The van der Waals surface area contributed by atoms with Gasteiger partial charge in [-0.3, -0.25) is 0 Å². The van der Waals surface area contributed by atoms with Crippen LogP contribution in [0.4, 0.5) is 17.1 Å². The molecule has 0 bridgehead atoms. The van der Waals surface area contributed by atoms with E-state index in [2.05, 4.69) is 193 Å². The lowest BCUT2D eigenvalue weighted by molar-refractivity contribution is 0.669. The highest BCUT2D eigenvalue weighted by Crippen LogP contribution is 2.43. The Hall–Kier alpha value is -6.94. The van der Waals surface area contributed by atoms with Crippen LogP contribution >= 0.6 is 11.3 Å². The standard InChI is InChI=1S/C52H33NOS/c1-2-14-42-35(10-1)11-8-17-43(42)36-24-29-40(30-25-36)53(39-27-22-34(23-28-39)37-26-31-49-47(33-37)45-15-3-5-19-48(45)54-49)41-13-7-12-38(32-41)44-18-9-21-51-52(44)46-16-4-6-20-50(46)55-51/h1-33H. The molecule has 0 saturated heterocycles. The highest BCUT2D eigenvalue weighted by molar-refractivity contribution is 7.25. The van der Waals surface area contributed by atoms with Crippen molar-refractivity contribution in [2.45, 2.75) is 0 Å². The molecule has 55 heavy (non-hydrogen) atoms. The lowest BCUT2D eigenvalue weighted by Gasteiger charge is -2.26. The molecular formula is C52H33NOS.